The van der Waals surface area contributed by atoms with Gasteiger partial charge in [0.2, 0.25) is 6.79 Å². The summed E-state index contributed by atoms with van der Waals surface area (Å²) >= 11 is 0. The van der Waals surface area contributed by atoms with Crippen molar-refractivity contribution >= 4 is 0 Å². The Morgan fingerprint density at radius 2 is 2.07 bits per heavy atom. The predicted octanol–water partition coefficient (Wildman–Crippen LogP) is 0.877. The number of hydrogen-bond acceptors (Lipinski definition) is 4. The molecule has 0 bridgehead atoms. The smallest absolute Gasteiger partial charge is 0.231 e. The van der Waals surface area contributed by atoms with E-state index in [0.29, 0.717) is 22.6 Å². The Labute approximate surface area is 86.4 Å². The van der Waals surface area contributed by atoms with Crippen LogP contribution in [-0.4, -0.2) is 18.4 Å². The molecule has 82 valence electrons. The van der Waals surface area contributed by atoms with Crippen LogP contribution in [0.4, 0.5) is 4.39 Å². The van der Waals surface area contributed by atoms with E-state index in [-0.39, 0.29) is 13.3 Å². The molecule has 3 N–H and O–H groups in total. The van der Waals surface area contributed by atoms with Gasteiger partial charge in [0.1, 0.15) is 6.67 Å². The Hall–Kier alpha value is -1.33. The topological polar surface area (TPSA) is 64.7 Å². The van der Waals surface area contributed by atoms with Crippen LogP contribution in [-0.2, 0) is 6.67 Å². The summed E-state index contributed by atoms with van der Waals surface area (Å²) in [7, 11) is 0. The van der Waals surface area contributed by atoms with Crippen LogP contribution in [0.25, 0.3) is 0 Å². The van der Waals surface area contributed by atoms with E-state index in [1.54, 1.807) is 6.07 Å². The molecule has 0 amide bonds. The molecule has 5 heteroatoms. The van der Waals surface area contributed by atoms with Gasteiger partial charge in [-0.05, 0) is 23.3 Å². The quantitative estimate of drug-likeness (QED) is 0.782. The van der Waals surface area contributed by atoms with Crippen LogP contribution in [0.3, 0.4) is 0 Å². The van der Waals surface area contributed by atoms with Gasteiger partial charge in [0, 0.05) is 6.54 Å². The molecule has 2 rings (SSSR count). The average Bonchev–Trinajstić information content (AvgIpc) is 2.73. The fraction of sp³-hybridized carbons (Fsp3) is 0.400. The highest BCUT2D eigenvalue weighted by Crippen LogP contribution is 2.36. The number of alkyl halides is 1. The van der Waals surface area contributed by atoms with E-state index in [4.69, 9.17) is 15.2 Å². The van der Waals surface area contributed by atoms with E-state index in [1.165, 1.54) is 6.07 Å². The van der Waals surface area contributed by atoms with Crippen molar-refractivity contribution in [3.8, 4) is 11.5 Å². The van der Waals surface area contributed by atoms with Gasteiger partial charge in [-0.25, -0.2) is 4.39 Å². The lowest BCUT2D eigenvalue weighted by Crippen LogP contribution is -2.13. The van der Waals surface area contributed by atoms with Gasteiger partial charge >= 0.3 is 0 Å². The lowest BCUT2D eigenvalue weighted by molar-refractivity contribution is 0.172. The summed E-state index contributed by atoms with van der Waals surface area (Å²) < 4.78 is 22.9. The summed E-state index contributed by atoms with van der Waals surface area (Å²) in [4.78, 5) is 0. The second-order valence-corrected chi connectivity index (χ2v) is 3.29. The Bertz CT molecular complexity index is 370. The molecule has 0 fully saturated rings. The first-order valence-corrected chi connectivity index (χ1v) is 4.62. The number of aliphatic hydroxyl groups is 1. The first kappa shape index (κ1) is 10.2. The molecular weight excluding hydrogens is 201 g/mol. The largest absolute Gasteiger partial charge is 0.454 e. The van der Waals surface area contributed by atoms with Crippen molar-refractivity contribution in [3.05, 3.63) is 23.3 Å². The van der Waals surface area contributed by atoms with E-state index in [2.05, 4.69) is 0 Å². The number of halogens is 1. The maximum atomic E-state index is 12.7. The first-order chi connectivity index (χ1) is 7.26. The highest BCUT2D eigenvalue weighted by molar-refractivity contribution is 5.49. The lowest BCUT2D eigenvalue weighted by Gasteiger charge is -2.12. The number of hydrogen-bond donors (Lipinski definition) is 2. The van der Waals surface area contributed by atoms with Crippen LogP contribution < -0.4 is 15.2 Å². The van der Waals surface area contributed by atoms with Crippen molar-refractivity contribution in [2.24, 2.45) is 5.73 Å². The van der Waals surface area contributed by atoms with Crippen molar-refractivity contribution in [2.75, 3.05) is 13.3 Å². The molecule has 4 nitrogen and oxygen atoms in total. The summed E-state index contributed by atoms with van der Waals surface area (Å²) in [6.45, 7) is -0.487. The fourth-order valence-corrected chi connectivity index (χ4v) is 1.55. The van der Waals surface area contributed by atoms with Gasteiger partial charge in [-0.3, -0.25) is 0 Å². The van der Waals surface area contributed by atoms with Crippen molar-refractivity contribution in [1.29, 1.82) is 0 Å². The lowest BCUT2D eigenvalue weighted by atomic mass is 10.0. The number of rotatable bonds is 3. The SMILES string of the molecule is NCC(O)c1cc2c(cc1CF)OCO2. The number of aliphatic hydroxyl groups excluding tert-OH is 1. The Morgan fingerprint density at radius 1 is 1.40 bits per heavy atom. The normalized spacial score (nSPS) is 15.4. The summed E-state index contributed by atoms with van der Waals surface area (Å²) in [6.07, 6.45) is -0.870. The number of fused-ring (bicyclic) bond motifs is 1. The summed E-state index contributed by atoms with van der Waals surface area (Å²) in [5.74, 6) is 1.03. The highest BCUT2D eigenvalue weighted by Gasteiger charge is 2.20. The summed E-state index contributed by atoms with van der Waals surface area (Å²) in [5, 5.41) is 9.58. The third-order valence-electron chi connectivity index (χ3n) is 2.36. The first-order valence-electron chi connectivity index (χ1n) is 4.62. The minimum Gasteiger partial charge on any atom is -0.454 e. The second kappa shape index (κ2) is 4.04. The van der Waals surface area contributed by atoms with Gasteiger partial charge in [0.15, 0.2) is 11.5 Å². The molecule has 0 radical (unpaired) electrons. The van der Waals surface area contributed by atoms with E-state index in [0.717, 1.165) is 0 Å². The maximum Gasteiger partial charge on any atom is 0.231 e. The fourth-order valence-electron chi connectivity index (χ4n) is 1.55. The zero-order chi connectivity index (χ0) is 10.8. The molecule has 15 heavy (non-hydrogen) atoms. The van der Waals surface area contributed by atoms with Crippen LogP contribution in [0.2, 0.25) is 0 Å². The van der Waals surface area contributed by atoms with Crippen molar-refractivity contribution < 1.29 is 19.0 Å². The summed E-state index contributed by atoms with van der Waals surface area (Å²) in [6, 6.07) is 3.12. The number of benzene rings is 1. The van der Waals surface area contributed by atoms with Crippen LogP contribution in [0, 0.1) is 0 Å². The van der Waals surface area contributed by atoms with Crippen molar-refractivity contribution in [2.45, 2.75) is 12.8 Å². The standard InChI is InChI=1S/C10H12FNO3/c11-3-6-1-9-10(15-5-14-9)2-7(6)8(13)4-12/h1-2,8,13H,3-5,12H2. The van der Waals surface area contributed by atoms with Crippen LogP contribution in [0.15, 0.2) is 12.1 Å². The van der Waals surface area contributed by atoms with Gasteiger partial charge in [-0.1, -0.05) is 0 Å². The second-order valence-electron chi connectivity index (χ2n) is 3.29. The average molecular weight is 213 g/mol. The van der Waals surface area contributed by atoms with Gasteiger partial charge in [0.05, 0.1) is 6.10 Å². The van der Waals surface area contributed by atoms with Gasteiger partial charge in [-0.15, -0.1) is 0 Å². The molecule has 1 aromatic carbocycles. The zero-order valence-electron chi connectivity index (χ0n) is 8.07. The van der Waals surface area contributed by atoms with E-state index >= 15 is 0 Å². The molecule has 0 saturated heterocycles. The van der Waals surface area contributed by atoms with Gasteiger partial charge in [-0.2, -0.15) is 0 Å². The summed E-state index contributed by atoms with van der Waals surface area (Å²) in [5.41, 5.74) is 6.18. The van der Waals surface area contributed by atoms with Crippen LogP contribution in [0.5, 0.6) is 11.5 Å². The minimum absolute atomic E-state index is 0.0483. The van der Waals surface area contributed by atoms with E-state index in [1.807, 2.05) is 0 Å². The van der Waals surface area contributed by atoms with Crippen LogP contribution >= 0.6 is 0 Å². The van der Waals surface area contributed by atoms with E-state index < -0.39 is 12.8 Å². The monoisotopic (exact) mass is 213 g/mol. The third kappa shape index (κ3) is 1.75. The van der Waals surface area contributed by atoms with Gasteiger partial charge < -0.3 is 20.3 Å². The molecule has 1 atom stereocenters. The van der Waals surface area contributed by atoms with Crippen molar-refractivity contribution in [1.82, 2.24) is 0 Å². The molecule has 1 heterocycles. The molecule has 0 saturated carbocycles. The molecule has 1 unspecified atom stereocenters. The zero-order valence-corrected chi connectivity index (χ0v) is 8.07. The molecule has 0 spiro atoms. The Morgan fingerprint density at radius 3 is 2.67 bits per heavy atom. The predicted molar refractivity (Wildman–Crippen MR) is 51.4 cm³/mol. The molecular formula is C10H12FNO3. The van der Waals surface area contributed by atoms with Crippen LogP contribution in [0.1, 0.15) is 17.2 Å². The highest BCUT2D eigenvalue weighted by atomic mass is 19.1. The molecule has 0 aliphatic carbocycles. The molecule has 1 aromatic rings. The van der Waals surface area contributed by atoms with E-state index in [9.17, 15) is 9.50 Å². The minimum atomic E-state index is -0.870. The number of ether oxygens (including phenoxy) is 2. The maximum absolute atomic E-state index is 12.7. The van der Waals surface area contributed by atoms with Gasteiger partial charge in [0.25, 0.3) is 0 Å². The van der Waals surface area contributed by atoms with Crippen molar-refractivity contribution in [3.63, 3.8) is 0 Å². The molecule has 1 aliphatic rings. The molecule has 1 aliphatic heterocycles. The Kier molecular flexibility index (Phi) is 2.75. The third-order valence-corrected chi connectivity index (χ3v) is 2.36. The number of nitrogens with two attached hydrogens (primary N) is 1. The molecule has 0 aromatic heterocycles. The Balaban J connectivity index is 2.44.